The first-order valence-corrected chi connectivity index (χ1v) is 15.0. The van der Waals surface area contributed by atoms with E-state index in [1.165, 1.54) is 15.9 Å². The molecular weight excluding hydrogens is 594 g/mol. The van der Waals surface area contributed by atoms with Crippen LogP contribution < -0.4 is 14.8 Å². The highest BCUT2D eigenvalue weighted by atomic mass is 35.5. The van der Waals surface area contributed by atoms with Crippen LogP contribution in [0, 0.1) is 0 Å². The Morgan fingerprint density at radius 1 is 0.932 bits per heavy atom. The van der Waals surface area contributed by atoms with Gasteiger partial charge in [-0.2, -0.15) is 0 Å². The molecule has 0 saturated carbocycles. The summed E-state index contributed by atoms with van der Waals surface area (Å²) >= 11 is 6.01. The molecule has 1 aliphatic rings. The van der Waals surface area contributed by atoms with Gasteiger partial charge in [0.2, 0.25) is 0 Å². The maximum Gasteiger partial charge on any atom is 0.453 e. The molecule has 0 spiro atoms. The number of ether oxygens (including phenoxy) is 3. The van der Waals surface area contributed by atoms with Gasteiger partial charge in [0.15, 0.2) is 11.5 Å². The van der Waals surface area contributed by atoms with Crippen molar-refractivity contribution in [3.05, 3.63) is 58.6 Å². The van der Waals surface area contributed by atoms with Crippen LogP contribution in [-0.2, 0) is 30.3 Å². The van der Waals surface area contributed by atoms with Gasteiger partial charge in [-0.25, -0.2) is 9.59 Å². The van der Waals surface area contributed by atoms with Crippen molar-refractivity contribution in [2.75, 3.05) is 32.7 Å². The van der Waals surface area contributed by atoms with Crippen molar-refractivity contribution < 1.29 is 43.6 Å². The third kappa shape index (κ3) is 7.79. The Hall–Kier alpha value is -3.87. The molecule has 3 atom stereocenters. The second kappa shape index (κ2) is 15.2. The number of aliphatic carboxylic acids is 1. The molecule has 240 valence electrons. The average Bonchev–Trinajstić information content (AvgIpc) is 3.40. The van der Waals surface area contributed by atoms with Crippen molar-refractivity contribution in [3.8, 4) is 11.5 Å². The first kappa shape index (κ1) is 34.6. The largest absolute Gasteiger partial charge is 0.475 e. The number of aliphatic hydroxyl groups excluding tert-OH is 1. The number of hydrogen-bond donors (Lipinski definition) is 3. The third-order valence-corrected chi connectivity index (χ3v) is 7.56. The molecule has 1 unspecified atom stereocenters. The topological polar surface area (TPSA) is 155 Å². The van der Waals surface area contributed by atoms with Crippen LogP contribution in [0.1, 0.15) is 51.8 Å². The Bertz CT molecular complexity index is 1320. The Morgan fingerprint density at radius 2 is 1.52 bits per heavy atom. The number of benzene rings is 2. The fourth-order valence-corrected chi connectivity index (χ4v) is 4.99. The van der Waals surface area contributed by atoms with Gasteiger partial charge in [-0.05, 0) is 76.4 Å². The second-order valence-electron chi connectivity index (χ2n) is 10.3. The predicted octanol–water partition coefficient (Wildman–Crippen LogP) is 2.79. The fourth-order valence-electron chi connectivity index (χ4n) is 4.80. The van der Waals surface area contributed by atoms with Gasteiger partial charge in [-0.1, -0.05) is 29.8 Å². The van der Waals surface area contributed by atoms with Gasteiger partial charge in [0.05, 0.1) is 6.10 Å². The van der Waals surface area contributed by atoms with E-state index < -0.39 is 41.7 Å². The van der Waals surface area contributed by atoms with Crippen LogP contribution in [0.3, 0.4) is 0 Å². The van der Waals surface area contributed by atoms with E-state index in [9.17, 15) is 29.4 Å². The van der Waals surface area contributed by atoms with Gasteiger partial charge < -0.3 is 39.5 Å². The summed E-state index contributed by atoms with van der Waals surface area (Å²) in [7, 11) is 0. The molecule has 0 aromatic heterocycles. The Labute approximate surface area is 261 Å². The molecular formula is C31H40ClN3O9. The smallest absolute Gasteiger partial charge is 0.453 e. The maximum atomic E-state index is 13.4. The average molecular weight is 634 g/mol. The van der Waals surface area contributed by atoms with E-state index in [0.29, 0.717) is 17.0 Å². The Kier molecular flexibility index (Phi) is 12.0. The zero-order chi connectivity index (χ0) is 32.6. The molecule has 44 heavy (non-hydrogen) atoms. The minimum absolute atomic E-state index is 0.0188. The van der Waals surface area contributed by atoms with Crippen molar-refractivity contribution in [3.63, 3.8) is 0 Å². The molecule has 0 fully saturated rings. The standard InChI is InChI=1S/C31H40ClN3O9/c1-6-34(7-2)27(37)26(28(38)35(8-3)9-4)42-30(41)31(29(39)40)43-24-14-13-20(16-25(24)44-31)15-19(5)33-18-23(36)21-11-10-12-22(32)17-21/h10-14,16-17,19,23,26,33,36H,6-9,15,18H2,1-5H3,(H,39,40)/t19-,23+,31?/m1/s1. The fraction of sp³-hybridized carbons (Fsp3) is 0.484. The highest BCUT2D eigenvalue weighted by molar-refractivity contribution is 6.30. The first-order chi connectivity index (χ1) is 20.9. The van der Waals surface area contributed by atoms with Gasteiger partial charge >= 0.3 is 17.7 Å². The van der Waals surface area contributed by atoms with Crippen molar-refractivity contribution >= 4 is 35.4 Å². The number of hydrogen-bond acceptors (Lipinski definition) is 9. The van der Waals surface area contributed by atoms with Crippen molar-refractivity contribution in [2.45, 2.75) is 65.1 Å². The Balaban J connectivity index is 1.75. The SMILES string of the molecule is CCN(CC)C(=O)C(OC(=O)C1(C(=O)O)Oc2ccc(C[C@@H](C)NC[C@H](O)c3cccc(Cl)c3)cc2O1)C(=O)N(CC)CC. The number of amides is 2. The van der Waals surface area contributed by atoms with Crippen LogP contribution >= 0.6 is 11.6 Å². The number of rotatable bonds is 15. The quantitative estimate of drug-likeness (QED) is 0.197. The third-order valence-electron chi connectivity index (χ3n) is 7.32. The van der Waals surface area contributed by atoms with Crippen LogP contribution in [0.25, 0.3) is 0 Å². The first-order valence-electron chi connectivity index (χ1n) is 14.6. The molecule has 3 rings (SSSR count). The number of carboxylic acids is 1. The lowest BCUT2D eigenvalue weighted by Crippen LogP contribution is -2.59. The summed E-state index contributed by atoms with van der Waals surface area (Å²) in [5, 5.41) is 24.3. The van der Waals surface area contributed by atoms with E-state index in [4.69, 9.17) is 25.8 Å². The summed E-state index contributed by atoms with van der Waals surface area (Å²) in [6, 6.07) is 11.5. The van der Waals surface area contributed by atoms with Crippen molar-refractivity contribution in [1.82, 2.24) is 15.1 Å². The summed E-state index contributed by atoms with van der Waals surface area (Å²) in [5.41, 5.74) is 1.41. The number of carboxylic acid groups (broad SMARTS) is 1. The molecule has 0 saturated heterocycles. The normalized spacial score (nSPS) is 16.7. The number of fused-ring (bicyclic) bond motifs is 1. The number of carbonyl (C=O) groups excluding carboxylic acids is 3. The monoisotopic (exact) mass is 633 g/mol. The van der Waals surface area contributed by atoms with Gasteiger partial charge in [0.1, 0.15) is 0 Å². The molecule has 0 bridgehead atoms. The van der Waals surface area contributed by atoms with Crippen LogP contribution in [-0.4, -0.2) is 94.4 Å². The van der Waals surface area contributed by atoms with Gasteiger partial charge in [0, 0.05) is 43.8 Å². The van der Waals surface area contributed by atoms with E-state index >= 15 is 0 Å². The van der Waals surface area contributed by atoms with Crippen LogP contribution in [0.2, 0.25) is 5.02 Å². The van der Waals surface area contributed by atoms with Crippen LogP contribution in [0.4, 0.5) is 0 Å². The number of nitrogens with zero attached hydrogens (tertiary/aromatic N) is 2. The van der Waals surface area contributed by atoms with Crippen molar-refractivity contribution in [1.29, 1.82) is 0 Å². The van der Waals surface area contributed by atoms with E-state index in [0.717, 1.165) is 5.56 Å². The zero-order valence-electron chi connectivity index (χ0n) is 25.5. The van der Waals surface area contributed by atoms with Crippen LogP contribution in [0.5, 0.6) is 11.5 Å². The number of likely N-dealkylation sites (N-methyl/N-ethyl adjacent to an activating group) is 2. The summed E-state index contributed by atoms with van der Waals surface area (Å²) in [4.78, 5) is 54.9. The predicted molar refractivity (Wildman–Crippen MR) is 161 cm³/mol. The minimum atomic E-state index is -2.96. The summed E-state index contributed by atoms with van der Waals surface area (Å²) in [6.45, 7) is 9.96. The van der Waals surface area contributed by atoms with Crippen LogP contribution in [0.15, 0.2) is 42.5 Å². The number of aliphatic hydroxyl groups is 1. The lowest BCUT2D eigenvalue weighted by Gasteiger charge is -2.30. The number of halogens is 1. The molecule has 2 amide bonds. The highest BCUT2D eigenvalue weighted by Gasteiger charge is 2.60. The van der Waals surface area contributed by atoms with E-state index in [-0.39, 0.29) is 50.3 Å². The lowest BCUT2D eigenvalue weighted by atomic mass is 10.1. The van der Waals surface area contributed by atoms with Crippen molar-refractivity contribution in [2.24, 2.45) is 0 Å². The molecule has 1 aliphatic heterocycles. The molecule has 0 radical (unpaired) electrons. The Morgan fingerprint density at radius 3 is 2.07 bits per heavy atom. The number of esters is 1. The van der Waals surface area contributed by atoms with Gasteiger partial charge in [0.25, 0.3) is 17.9 Å². The number of carbonyl (C=O) groups is 4. The van der Waals surface area contributed by atoms with E-state index in [1.54, 1.807) is 64.1 Å². The molecule has 1 heterocycles. The molecule has 3 N–H and O–H groups in total. The molecule has 12 nitrogen and oxygen atoms in total. The summed E-state index contributed by atoms with van der Waals surface area (Å²) < 4.78 is 16.4. The molecule has 2 aromatic carbocycles. The molecule has 13 heteroatoms. The van der Waals surface area contributed by atoms with E-state index in [2.05, 4.69) is 5.32 Å². The maximum absolute atomic E-state index is 13.4. The highest BCUT2D eigenvalue weighted by Crippen LogP contribution is 2.41. The summed E-state index contributed by atoms with van der Waals surface area (Å²) in [5.74, 6) is -7.91. The zero-order valence-corrected chi connectivity index (χ0v) is 26.3. The number of nitrogens with one attached hydrogen (secondary N) is 1. The lowest BCUT2D eigenvalue weighted by molar-refractivity contribution is -0.205. The molecule has 2 aromatic rings. The van der Waals surface area contributed by atoms with Gasteiger partial charge in [-0.3, -0.25) is 9.59 Å². The van der Waals surface area contributed by atoms with Gasteiger partial charge in [-0.15, -0.1) is 0 Å². The minimum Gasteiger partial charge on any atom is -0.475 e. The summed E-state index contributed by atoms with van der Waals surface area (Å²) in [6.07, 6.45) is -2.23. The molecule has 0 aliphatic carbocycles. The second-order valence-corrected chi connectivity index (χ2v) is 10.7. The van der Waals surface area contributed by atoms with E-state index in [1.807, 2.05) is 6.92 Å².